The molecule has 3 heteroatoms. The van der Waals surface area contributed by atoms with E-state index in [1.54, 1.807) is 16.9 Å². The van der Waals surface area contributed by atoms with Gasteiger partial charge in [-0.05, 0) is 24.3 Å². The van der Waals surface area contributed by atoms with Gasteiger partial charge in [0, 0.05) is 11.1 Å². The van der Waals surface area contributed by atoms with Gasteiger partial charge in [-0.2, -0.15) is 0 Å². The zero-order chi connectivity index (χ0) is 18.5. The third-order valence-electron chi connectivity index (χ3n) is 5.58. The Morgan fingerprint density at radius 3 is 1.63 bits per heavy atom. The van der Waals surface area contributed by atoms with Gasteiger partial charge in [-0.15, -0.1) is 0 Å². The zero-order valence-corrected chi connectivity index (χ0v) is 15.9. The van der Waals surface area contributed by atoms with Gasteiger partial charge in [0.05, 0.1) is 12.7 Å². The van der Waals surface area contributed by atoms with Crippen molar-refractivity contribution in [2.45, 2.75) is 19.3 Å². The van der Waals surface area contributed by atoms with E-state index in [0.717, 1.165) is 18.8 Å². The number of benzene rings is 3. The summed E-state index contributed by atoms with van der Waals surface area (Å²) in [5, 5.41) is 0. The first-order valence-electron chi connectivity index (χ1n) is 9.74. The fourth-order valence-electron chi connectivity index (χ4n) is 4.26. The minimum atomic E-state index is 0.441. The second kappa shape index (κ2) is 8.38. The molecule has 0 bridgehead atoms. The van der Waals surface area contributed by atoms with E-state index in [4.69, 9.17) is 4.74 Å². The van der Waals surface area contributed by atoms with Crippen LogP contribution in [0.4, 0.5) is 0 Å². The van der Waals surface area contributed by atoms with Gasteiger partial charge in [-0.1, -0.05) is 60.7 Å². The molecular formula is C24H28N2O+2. The molecule has 138 valence electrons. The number of ether oxygens (including phenoxy) is 1. The highest BCUT2D eigenvalue weighted by atomic mass is 16.5. The predicted molar refractivity (Wildman–Crippen MR) is 108 cm³/mol. The maximum atomic E-state index is 5.36. The van der Waals surface area contributed by atoms with Crippen LogP contribution >= 0.6 is 0 Å². The van der Waals surface area contributed by atoms with Crippen LogP contribution in [0, 0.1) is 0 Å². The molecule has 4 rings (SSSR count). The van der Waals surface area contributed by atoms with E-state index in [1.165, 1.54) is 29.8 Å². The van der Waals surface area contributed by atoms with Crippen molar-refractivity contribution >= 4 is 0 Å². The normalized spacial score (nSPS) is 21.9. The number of hydrogen-bond donors (Lipinski definition) is 2. The molecule has 2 atom stereocenters. The Bertz CT molecular complexity index is 784. The zero-order valence-electron chi connectivity index (χ0n) is 15.9. The highest BCUT2D eigenvalue weighted by Gasteiger charge is 2.40. The van der Waals surface area contributed by atoms with Gasteiger partial charge >= 0.3 is 0 Å². The summed E-state index contributed by atoms with van der Waals surface area (Å²) in [5.41, 5.74) is 4.21. The standard InChI is InChI=1S/C24H26N2O/c1-27-23-14-12-22(13-15-23)24-25(18-20-8-4-2-5-9-20)16-17-26(24)19-21-10-6-3-7-11-21/h2-15,24H,16-19H2,1H3/p+2. The fourth-order valence-corrected chi connectivity index (χ4v) is 4.26. The van der Waals surface area contributed by atoms with Crippen LogP contribution in [-0.2, 0) is 13.1 Å². The van der Waals surface area contributed by atoms with Crippen LogP contribution in [-0.4, -0.2) is 20.2 Å². The van der Waals surface area contributed by atoms with Crippen molar-refractivity contribution in [3.63, 3.8) is 0 Å². The summed E-state index contributed by atoms with van der Waals surface area (Å²) in [6, 6.07) is 30.4. The lowest BCUT2D eigenvalue weighted by molar-refractivity contribution is -1.09. The van der Waals surface area contributed by atoms with E-state index >= 15 is 0 Å². The Balaban J connectivity index is 1.60. The first-order valence-corrected chi connectivity index (χ1v) is 9.74. The molecule has 0 aliphatic carbocycles. The summed E-state index contributed by atoms with van der Waals surface area (Å²) >= 11 is 0. The second-order valence-corrected chi connectivity index (χ2v) is 7.35. The lowest BCUT2D eigenvalue weighted by Gasteiger charge is -2.25. The van der Waals surface area contributed by atoms with Gasteiger partial charge in [-0.3, -0.25) is 9.80 Å². The Morgan fingerprint density at radius 1 is 0.704 bits per heavy atom. The maximum Gasteiger partial charge on any atom is 0.241 e. The quantitative estimate of drug-likeness (QED) is 0.687. The molecule has 2 N–H and O–H groups in total. The number of nitrogens with one attached hydrogen (secondary N) is 2. The molecule has 3 aromatic carbocycles. The monoisotopic (exact) mass is 360 g/mol. The van der Waals surface area contributed by atoms with Gasteiger partial charge in [0.25, 0.3) is 0 Å². The van der Waals surface area contributed by atoms with Crippen molar-refractivity contribution in [2.75, 3.05) is 20.2 Å². The highest BCUT2D eigenvalue weighted by Crippen LogP contribution is 2.15. The van der Waals surface area contributed by atoms with Crippen LogP contribution in [0.1, 0.15) is 22.9 Å². The van der Waals surface area contributed by atoms with Gasteiger partial charge in [-0.25, -0.2) is 0 Å². The predicted octanol–water partition coefficient (Wildman–Crippen LogP) is 1.88. The minimum Gasteiger partial charge on any atom is -0.497 e. The smallest absolute Gasteiger partial charge is 0.241 e. The third kappa shape index (κ3) is 4.21. The van der Waals surface area contributed by atoms with E-state index in [-0.39, 0.29) is 0 Å². The van der Waals surface area contributed by atoms with E-state index in [0.29, 0.717) is 6.17 Å². The third-order valence-corrected chi connectivity index (χ3v) is 5.58. The molecule has 1 saturated heterocycles. The van der Waals surface area contributed by atoms with Crippen molar-refractivity contribution in [1.82, 2.24) is 0 Å². The van der Waals surface area contributed by atoms with Gasteiger partial charge < -0.3 is 4.74 Å². The largest absolute Gasteiger partial charge is 0.497 e. The van der Waals surface area contributed by atoms with Crippen molar-refractivity contribution in [1.29, 1.82) is 0 Å². The average Bonchev–Trinajstić information content (AvgIpc) is 3.11. The van der Waals surface area contributed by atoms with E-state index in [9.17, 15) is 0 Å². The van der Waals surface area contributed by atoms with Gasteiger partial charge in [0.2, 0.25) is 6.17 Å². The van der Waals surface area contributed by atoms with Crippen molar-refractivity contribution in [2.24, 2.45) is 0 Å². The Morgan fingerprint density at radius 2 is 1.19 bits per heavy atom. The summed E-state index contributed by atoms with van der Waals surface area (Å²) in [5.74, 6) is 0.922. The first kappa shape index (κ1) is 17.8. The number of hydrogen-bond acceptors (Lipinski definition) is 1. The Labute approximate surface area is 161 Å². The van der Waals surface area contributed by atoms with E-state index < -0.39 is 0 Å². The molecule has 0 amide bonds. The van der Waals surface area contributed by atoms with Gasteiger partial charge in [0.1, 0.15) is 31.9 Å². The second-order valence-electron chi connectivity index (χ2n) is 7.35. The van der Waals surface area contributed by atoms with Crippen LogP contribution in [0.5, 0.6) is 5.75 Å². The summed E-state index contributed by atoms with van der Waals surface area (Å²) in [6.07, 6.45) is 0.441. The van der Waals surface area contributed by atoms with Crippen molar-refractivity contribution in [3.05, 3.63) is 102 Å². The molecule has 3 aromatic rings. The van der Waals surface area contributed by atoms with E-state index in [1.807, 2.05) is 0 Å². The molecule has 0 radical (unpaired) electrons. The summed E-state index contributed by atoms with van der Waals surface area (Å²) in [6.45, 7) is 4.51. The number of methoxy groups -OCH3 is 1. The molecule has 0 spiro atoms. The minimum absolute atomic E-state index is 0.441. The molecule has 27 heavy (non-hydrogen) atoms. The maximum absolute atomic E-state index is 5.36. The van der Waals surface area contributed by atoms with Crippen LogP contribution in [0.15, 0.2) is 84.9 Å². The van der Waals surface area contributed by atoms with Crippen molar-refractivity contribution in [3.8, 4) is 5.75 Å². The highest BCUT2D eigenvalue weighted by molar-refractivity contribution is 5.27. The molecule has 1 heterocycles. The average molecular weight is 361 g/mol. The van der Waals surface area contributed by atoms with Gasteiger partial charge in [0.15, 0.2) is 0 Å². The molecular weight excluding hydrogens is 332 g/mol. The fraction of sp³-hybridized carbons (Fsp3) is 0.250. The molecule has 1 aliphatic rings. The SMILES string of the molecule is COc1ccc(C2[NH+](Cc3ccccc3)CC[NH+]2Cc2ccccc2)cc1. The summed E-state index contributed by atoms with van der Waals surface area (Å²) < 4.78 is 5.36. The van der Waals surface area contributed by atoms with Crippen LogP contribution in [0.3, 0.4) is 0 Å². The van der Waals surface area contributed by atoms with Crippen molar-refractivity contribution < 1.29 is 14.5 Å². The Kier molecular flexibility index (Phi) is 5.52. The topological polar surface area (TPSA) is 18.1 Å². The van der Waals surface area contributed by atoms with Crippen LogP contribution in [0.25, 0.3) is 0 Å². The summed E-state index contributed by atoms with van der Waals surface area (Å²) in [7, 11) is 1.73. The molecule has 1 fully saturated rings. The molecule has 0 aromatic heterocycles. The number of quaternary nitrogens is 2. The summed E-state index contributed by atoms with van der Waals surface area (Å²) in [4.78, 5) is 3.27. The Hall–Kier alpha value is -2.62. The van der Waals surface area contributed by atoms with Crippen LogP contribution in [0.2, 0.25) is 0 Å². The molecule has 2 unspecified atom stereocenters. The van der Waals surface area contributed by atoms with E-state index in [2.05, 4.69) is 84.9 Å². The molecule has 1 aliphatic heterocycles. The number of rotatable bonds is 6. The first-order chi connectivity index (χ1) is 13.3. The van der Waals surface area contributed by atoms with Crippen LogP contribution < -0.4 is 14.5 Å². The molecule has 3 nitrogen and oxygen atoms in total. The lowest BCUT2D eigenvalue weighted by atomic mass is 10.1. The lowest BCUT2D eigenvalue weighted by Crippen LogP contribution is -3.22. The molecule has 0 saturated carbocycles.